The molecule has 0 aromatic heterocycles. The molecule has 138 valence electrons. The first kappa shape index (κ1) is 18.9. The third-order valence-corrected chi connectivity index (χ3v) is 6.31. The van der Waals surface area contributed by atoms with Crippen molar-refractivity contribution in [1.82, 2.24) is 9.62 Å². The maximum absolute atomic E-state index is 12.5. The van der Waals surface area contributed by atoms with E-state index in [1.165, 1.54) is 12.1 Å². The van der Waals surface area contributed by atoms with Gasteiger partial charge in [0.2, 0.25) is 10.0 Å². The number of aryl methyl sites for hydroxylation is 1. The van der Waals surface area contributed by atoms with Gasteiger partial charge in [0.15, 0.2) is 0 Å². The minimum Gasteiger partial charge on any atom is -0.339 e. The van der Waals surface area contributed by atoms with Crippen LogP contribution in [-0.4, -0.2) is 38.4 Å². The molecule has 1 N–H and O–H groups in total. The first-order valence-electron chi connectivity index (χ1n) is 8.49. The highest BCUT2D eigenvalue weighted by Gasteiger charge is 2.27. The second-order valence-corrected chi connectivity index (χ2v) is 8.66. The molecule has 0 aliphatic carbocycles. The Hall–Kier alpha value is -1.89. The molecule has 0 spiro atoms. The second-order valence-electron chi connectivity index (χ2n) is 6.51. The maximum Gasteiger partial charge on any atom is 0.253 e. The molecule has 3 rings (SSSR count). The Morgan fingerprint density at radius 1 is 1.04 bits per heavy atom. The molecule has 0 bridgehead atoms. The Morgan fingerprint density at radius 3 is 2.19 bits per heavy atom. The summed E-state index contributed by atoms with van der Waals surface area (Å²) in [5.41, 5.74) is 1.77. The lowest BCUT2D eigenvalue weighted by Gasteiger charge is -2.32. The Labute approximate surface area is 159 Å². The Morgan fingerprint density at radius 2 is 1.62 bits per heavy atom. The number of halogens is 1. The number of benzene rings is 2. The number of carbonyl (C=O) groups is 1. The number of piperidine rings is 1. The quantitative estimate of drug-likeness (QED) is 0.868. The summed E-state index contributed by atoms with van der Waals surface area (Å²) in [7, 11) is -3.58. The molecule has 0 unspecified atom stereocenters. The standard InChI is InChI=1S/C19H21ClN2O3S/c1-14-2-4-15(5-3-14)19(23)22-12-10-17(11-13-22)21-26(24,25)18-8-6-16(20)7-9-18/h2-9,17,21H,10-13H2,1H3. The Kier molecular flexibility index (Phi) is 5.65. The van der Waals surface area contributed by atoms with Crippen molar-refractivity contribution in [3.63, 3.8) is 0 Å². The molecular formula is C19H21ClN2O3S. The van der Waals surface area contributed by atoms with Gasteiger partial charge in [0, 0.05) is 29.7 Å². The van der Waals surface area contributed by atoms with Crippen LogP contribution in [0.5, 0.6) is 0 Å². The molecule has 0 atom stereocenters. The van der Waals surface area contributed by atoms with Gasteiger partial charge in [-0.3, -0.25) is 4.79 Å². The van der Waals surface area contributed by atoms with Gasteiger partial charge in [0.1, 0.15) is 0 Å². The predicted octanol–water partition coefficient (Wildman–Crippen LogP) is 3.23. The van der Waals surface area contributed by atoms with Crippen LogP contribution in [0.1, 0.15) is 28.8 Å². The summed E-state index contributed by atoms with van der Waals surface area (Å²) in [5, 5.41) is 0.492. The summed E-state index contributed by atoms with van der Waals surface area (Å²) in [6.07, 6.45) is 1.18. The van der Waals surface area contributed by atoms with Gasteiger partial charge in [0.25, 0.3) is 5.91 Å². The van der Waals surface area contributed by atoms with Gasteiger partial charge in [0.05, 0.1) is 4.90 Å². The smallest absolute Gasteiger partial charge is 0.253 e. The number of nitrogens with one attached hydrogen (secondary N) is 1. The fourth-order valence-electron chi connectivity index (χ4n) is 2.98. The van der Waals surface area contributed by atoms with Crippen LogP contribution in [0.3, 0.4) is 0 Å². The van der Waals surface area contributed by atoms with E-state index in [1.807, 2.05) is 31.2 Å². The molecule has 1 fully saturated rings. The van der Waals surface area contributed by atoms with E-state index in [-0.39, 0.29) is 16.8 Å². The molecular weight excluding hydrogens is 372 g/mol. The van der Waals surface area contributed by atoms with Crippen LogP contribution in [-0.2, 0) is 10.0 Å². The van der Waals surface area contributed by atoms with E-state index in [4.69, 9.17) is 11.6 Å². The van der Waals surface area contributed by atoms with E-state index in [9.17, 15) is 13.2 Å². The minimum absolute atomic E-state index is 0.0102. The van der Waals surface area contributed by atoms with E-state index in [2.05, 4.69) is 4.72 Å². The molecule has 1 aliphatic rings. The molecule has 2 aromatic rings. The topological polar surface area (TPSA) is 66.5 Å². The number of hydrogen-bond donors (Lipinski definition) is 1. The van der Waals surface area contributed by atoms with Crippen molar-refractivity contribution in [3.05, 3.63) is 64.7 Å². The molecule has 1 heterocycles. The highest BCUT2D eigenvalue weighted by molar-refractivity contribution is 7.89. The lowest BCUT2D eigenvalue weighted by atomic mass is 10.0. The van der Waals surface area contributed by atoms with Gasteiger partial charge in [-0.15, -0.1) is 0 Å². The number of amides is 1. The number of sulfonamides is 1. The third-order valence-electron chi connectivity index (χ3n) is 4.53. The molecule has 0 radical (unpaired) electrons. The average Bonchev–Trinajstić information content (AvgIpc) is 2.62. The van der Waals surface area contributed by atoms with Crippen molar-refractivity contribution in [1.29, 1.82) is 0 Å². The first-order chi connectivity index (χ1) is 12.3. The molecule has 1 saturated heterocycles. The van der Waals surface area contributed by atoms with Crippen molar-refractivity contribution in [2.24, 2.45) is 0 Å². The van der Waals surface area contributed by atoms with E-state index in [0.29, 0.717) is 36.5 Å². The molecule has 2 aromatic carbocycles. The zero-order valence-electron chi connectivity index (χ0n) is 14.5. The molecule has 0 saturated carbocycles. The van der Waals surface area contributed by atoms with Crippen LogP contribution in [0.15, 0.2) is 53.4 Å². The predicted molar refractivity (Wildman–Crippen MR) is 102 cm³/mol. The van der Waals surface area contributed by atoms with Gasteiger partial charge >= 0.3 is 0 Å². The second kappa shape index (κ2) is 7.78. The summed E-state index contributed by atoms with van der Waals surface area (Å²) >= 11 is 5.81. The number of carbonyl (C=O) groups excluding carboxylic acids is 1. The average molecular weight is 393 g/mol. The number of likely N-dealkylation sites (tertiary alicyclic amines) is 1. The highest BCUT2D eigenvalue weighted by atomic mass is 35.5. The largest absolute Gasteiger partial charge is 0.339 e. The zero-order valence-corrected chi connectivity index (χ0v) is 16.1. The van der Waals surface area contributed by atoms with Crippen LogP contribution in [0, 0.1) is 6.92 Å². The molecule has 7 heteroatoms. The van der Waals surface area contributed by atoms with Crippen molar-refractivity contribution < 1.29 is 13.2 Å². The molecule has 1 amide bonds. The Balaban J connectivity index is 1.59. The van der Waals surface area contributed by atoms with Gasteiger partial charge < -0.3 is 4.90 Å². The van der Waals surface area contributed by atoms with Crippen LogP contribution in [0.25, 0.3) is 0 Å². The van der Waals surface area contributed by atoms with E-state index < -0.39 is 10.0 Å². The maximum atomic E-state index is 12.5. The number of hydrogen-bond acceptors (Lipinski definition) is 3. The van der Waals surface area contributed by atoms with Crippen molar-refractivity contribution in [3.8, 4) is 0 Å². The van der Waals surface area contributed by atoms with E-state index in [1.54, 1.807) is 17.0 Å². The lowest BCUT2D eigenvalue weighted by Crippen LogP contribution is -2.46. The van der Waals surface area contributed by atoms with E-state index >= 15 is 0 Å². The summed E-state index contributed by atoms with van der Waals surface area (Å²) in [6.45, 7) is 3.04. The fourth-order valence-corrected chi connectivity index (χ4v) is 4.41. The summed E-state index contributed by atoms with van der Waals surface area (Å²) in [4.78, 5) is 14.5. The van der Waals surface area contributed by atoms with Gasteiger partial charge in [-0.1, -0.05) is 29.3 Å². The summed E-state index contributed by atoms with van der Waals surface area (Å²) < 4.78 is 27.6. The van der Waals surface area contributed by atoms with Crippen LogP contribution >= 0.6 is 11.6 Å². The van der Waals surface area contributed by atoms with Gasteiger partial charge in [-0.2, -0.15) is 0 Å². The minimum atomic E-state index is -3.58. The van der Waals surface area contributed by atoms with Crippen LogP contribution in [0.2, 0.25) is 5.02 Å². The highest BCUT2D eigenvalue weighted by Crippen LogP contribution is 2.18. The van der Waals surface area contributed by atoms with Crippen molar-refractivity contribution >= 4 is 27.5 Å². The van der Waals surface area contributed by atoms with Crippen molar-refractivity contribution in [2.45, 2.75) is 30.7 Å². The third kappa shape index (κ3) is 4.44. The van der Waals surface area contributed by atoms with E-state index in [0.717, 1.165) is 5.56 Å². The summed E-state index contributed by atoms with van der Waals surface area (Å²) in [6, 6.07) is 13.4. The summed E-state index contributed by atoms with van der Waals surface area (Å²) in [5.74, 6) is -0.0102. The van der Waals surface area contributed by atoms with Crippen LogP contribution in [0.4, 0.5) is 0 Å². The van der Waals surface area contributed by atoms with Crippen molar-refractivity contribution in [2.75, 3.05) is 13.1 Å². The van der Waals surface area contributed by atoms with Gasteiger partial charge in [-0.25, -0.2) is 13.1 Å². The van der Waals surface area contributed by atoms with Gasteiger partial charge in [-0.05, 0) is 56.2 Å². The molecule has 5 nitrogen and oxygen atoms in total. The fraction of sp³-hybridized carbons (Fsp3) is 0.316. The molecule has 26 heavy (non-hydrogen) atoms. The van der Waals surface area contributed by atoms with Crippen LogP contribution < -0.4 is 4.72 Å². The first-order valence-corrected chi connectivity index (χ1v) is 10.3. The normalized spacial score (nSPS) is 15.8. The SMILES string of the molecule is Cc1ccc(C(=O)N2CCC(NS(=O)(=O)c3ccc(Cl)cc3)CC2)cc1. The monoisotopic (exact) mass is 392 g/mol. The number of nitrogens with zero attached hydrogens (tertiary/aromatic N) is 1. The number of rotatable bonds is 4. The zero-order chi connectivity index (χ0) is 18.7. The Bertz CT molecular complexity index is 872. The molecule has 1 aliphatic heterocycles. The lowest BCUT2D eigenvalue weighted by molar-refractivity contribution is 0.0711.